The lowest BCUT2D eigenvalue weighted by Crippen LogP contribution is -2.11. The number of halogens is 1. The molecule has 2 aromatic rings. The molecule has 0 saturated heterocycles. The number of amides is 1. The van der Waals surface area contributed by atoms with Gasteiger partial charge in [-0.3, -0.25) is 4.79 Å². The highest BCUT2D eigenvalue weighted by Gasteiger charge is 2.02. The normalized spacial score (nSPS) is 10.3. The average molecular weight is 303 g/mol. The Morgan fingerprint density at radius 2 is 1.95 bits per heavy atom. The van der Waals surface area contributed by atoms with Gasteiger partial charge in [0.1, 0.15) is 18.2 Å². The number of carbonyl (C=O) groups is 1. The molecule has 2 N–H and O–H groups in total. The van der Waals surface area contributed by atoms with Crippen LogP contribution in [-0.2, 0) is 11.4 Å². The topological polar surface area (TPSA) is 58.6 Å². The number of carbonyl (C=O) groups excluding carboxylic acids is 1. The van der Waals surface area contributed by atoms with Gasteiger partial charge in [-0.1, -0.05) is 12.1 Å². The van der Waals surface area contributed by atoms with Crippen LogP contribution in [0.25, 0.3) is 0 Å². The SMILES string of the molecule is O=C(CCCO)Nc1ccc(OCc2cccc(F)c2)cc1. The van der Waals surface area contributed by atoms with E-state index in [-0.39, 0.29) is 31.4 Å². The molecule has 4 nitrogen and oxygen atoms in total. The molecule has 0 spiro atoms. The summed E-state index contributed by atoms with van der Waals surface area (Å²) >= 11 is 0. The predicted octanol–water partition coefficient (Wildman–Crippen LogP) is 3.12. The average Bonchev–Trinajstić information content (AvgIpc) is 2.52. The fourth-order valence-corrected chi connectivity index (χ4v) is 1.89. The Kier molecular flexibility index (Phi) is 5.91. The van der Waals surface area contributed by atoms with E-state index in [9.17, 15) is 9.18 Å². The van der Waals surface area contributed by atoms with E-state index >= 15 is 0 Å². The van der Waals surface area contributed by atoms with Crippen LogP contribution < -0.4 is 10.1 Å². The fourth-order valence-electron chi connectivity index (χ4n) is 1.89. The summed E-state index contributed by atoms with van der Waals surface area (Å²) in [6.07, 6.45) is 0.731. The molecule has 0 aliphatic carbocycles. The third kappa shape index (κ3) is 5.18. The van der Waals surface area contributed by atoms with Gasteiger partial charge in [-0.2, -0.15) is 0 Å². The summed E-state index contributed by atoms with van der Waals surface area (Å²) in [6.45, 7) is 0.278. The summed E-state index contributed by atoms with van der Waals surface area (Å²) in [7, 11) is 0. The lowest BCUT2D eigenvalue weighted by Gasteiger charge is -2.08. The molecule has 2 rings (SSSR count). The maximum Gasteiger partial charge on any atom is 0.224 e. The highest BCUT2D eigenvalue weighted by Crippen LogP contribution is 2.17. The van der Waals surface area contributed by atoms with Crippen molar-refractivity contribution in [1.82, 2.24) is 0 Å². The van der Waals surface area contributed by atoms with Crippen LogP contribution in [0.15, 0.2) is 48.5 Å². The zero-order valence-corrected chi connectivity index (χ0v) is 12.1. The highest BCUT2D eigenvalue weighted by molar-refractivity contribution is 5.90. The summed E-state index contributed by atoms with van der Waals surface area (Å²) in [6, 6.07) is 13.2. The van der Waals surface area contributed by atoms with Crippen molar-refractivity contribution >= 4 is 11.6 Å². The lowest BCUT2D eigenvalue weighted by atomic mass is 10.2. The number of hydrogen-bond donors (Lipinski definition) is 2. The van der Waals surface area contributed by atoms with Crippen molar-refractivity contribution in [2.75, 3.05) is 11.9 Å². The van der Waals surface area contributed by atoms with Gasteiger partial charge in [-0.25, -0.2) is 4.39 Å². The van der Waals surface area contributed by atoms with Gasteiger partial charge in [0.2, 0.25) is 5.91 Å². The fraction of sp³-hybridized carbons (Fsp3) is 0.235. The number of aliphatic hydroxyl groups excluding tert-OH is 1. The Bertz CT molecular complexity index is 614. The van der Waals surface area contributed by atoms with Crippen LogP contribution >= 0.6 is 0 Å². The van der Waals surface area contributed by atoms with Crippen LogP contribution in [0.1, 0.15) is 18.4 Å². The molecule has 0 bridgehead atoms. The summed E-state index contributed by atoms with van der Waals surface area (Å²) in [4.78, 5) is 11.5. The van der Waals surface area contributed by atoms with E-state index in [0.717, 1.165) is 5.56 Å². The van der Waals surface area contributed by atoms with E-state index in [0.29, 0.717) is 17.9 Å². The van der Waals surface area contributed by atoms with Crippen molar-refractivity contribution in [2.45, 2.75) is 19.4 Å². The Balaban J connectivity index is 1.85. The summed E-state index contributed by atoms with van der Waals surface area (Å²) < 4.78 is 18.6. The van der Waals surface area contributed by atoms with Gasteiger partial charge in [-0.15, -0.1) is 0 Å². The van der Waals surface area contributed by atoms with Gasteiger partial charge in [0.15, 0.2) is 0 Å². The molecular formula is C17H18FNO3. The zero-order chi connectivity index (χ0) is 15.8. The van der Waals surface area contributed by atoms with Gasteiger partial charge in [-0.05, 0) is 48.4 Å². The second-order valence-electron chi connectivity index (χ2n) is 4.82. The zero-order valence-electron chi connectivity index (χ0n) is 12.1. The molecule has 0 atom stereocenters. The molecule has 0 aliphatic heterocycles. The maximum atomic E-state index is 13.0. The molecular weight excluding hydrogens is 285 g/mol. The van der Waals surface area contributed by atoms with Gasteiger partial charge in [0.25, 0.3) is 0 Å². The summed E-state index contributed by atoms with van der Waals surface area (Å²) in [5.74, 6) is 0.210. The number of ether oxygens (including phenoxy) is 1. The first kappa shape index (κ1) is 16.0. The highest BCUT2D eigenvalue weighted by atomic mass is 19.1. The molecule has 116 valence electrons. The minimum Gasteiger partial charge on any atom is -0.489 e. The standard InChI is InChI=1S/C17H18FNO3/c18-14-4-1-3-13(11-14)12-22-16-8-6-15(7-9-16)19-17(21)5-2-10-20/h1,3-4,6-9,11,20H,2,5,10,12H2,(H,19,21). The summed E-state index contributed by atoms with van der Waals surface area (Å²) in [5.41, 5.74) is 1.42. The number of hydrogen-bond acceptors (Lipinski definition) is 3. The first-order valence-electron chi connectivity index (χ1n) is 7.05. The molecule has 0 unspecified atom stereocenters. The van der Waals surface area contributed by atoms with Crippen LogP contribution in [0.3, 0.4) is 0 Å². The van der Waals surface area contributed by atoms with Crippen molar-refractivity contribution in [2.24, 2.45) is 0 Å². The minimum atomic E-state index is -0.290. The molecule has 0 aliphatic rings. The largest absolute Gasteiger partial charge is 0.489 e. The first-order valence-corrected chi connectivity index (χ1v) is 7.05. The van der Waals surface area contributed by atoms with E-state index in [4.69, 9.17) is 9.84 Å². The number of benzene rings is 2. The van der Waals surface area contributed by atoms with Crippen molar-refractivity contribution in [3.63, 3.8) is 0 Å². The smallest absolute Gasteiger partial charge is 0.224 e. The van der Waals surface area contributed by atoms with Crippen LogP contribution in [0.5, 0.6) is 5.75 Å². The maximum absolute atomic E-state index is 13.0. The third-order valence-electron chi connectivity index (χ3n) is 2.99. The number of nitrogens with one attached hydrogen (secondary N) is 1. The van der Waals surface area contributed by atoms with E-state index in [1.54, 1.807) is 36.4 Å². The second-order valence-corrected chi connectivity index (χ2v) is 4.82. The molecule has 0 heterocycles. The quantitative estimate of drug-likeness (QED) is 0.826. The first-order chi connectivity index (χ1) is 10.7. The number of rotatable bonds is 7. The summed E-state index contributed by atoms with van der Waals surface area (Å²) in [5, 5.41) is 11.4. The van der Waals surface area contributed by atoms with Gasteiger partial charge in [0, 0.05) is 18.7 Å². The second kappa shape index (κ2) is 8.14. The molecule has 0 aromatic heterocycles. The Hall–Kier alpha value is -2.40. The Morgan fingerprint density at radius 3 is 2.64 bits per heavy atom. The van der Waals surface area contributed by atoms with Crippen LogP contribution in [-0.4, -0.2) is 17.6 Å². The van der Waals surface area contributed by atoms with Crippen LogP contribution in [0, 0.1) is 5.82 Å². The molecule has 22 heavy (non-hydrogen) atoms. The van der Waals surface area contributed by atoms with E-state index in [2.05, 4.69) is 5.32 Å². The van der Waals surface area contributed by atoms with E-state index in [1.165, 1.54) is 12.1 Å². The van der Waals surface area contributed by atoms with E-state index in [1.807, 2.05) is 0 Å². The molecule has 1 amide bonds. The number of anilines is 1. The van der Waals surface area contributed by atoms with Crippen molar-refractivity contribution in [3.8, 4) is 5.75 Å². The molecule has 0 fully saturated rings. The molecule has 5 heteroatoms. The molecule has 0 saturated carbocycles. The Morgan fingerprint density at radius 1 is 1.18 bits per heavy atom. The van der Waals surface area contributed by atoms with Gasteiger partial charge in [0.05, 0.1) is 0 Å². The van der Waals surface area contributed by atoms with Crippen molar-refractivity contribution < 1.29 is 19.0 Å². The predicted molar refractivity (Wildman–Crippen MR) is 82.1 cm³/mol. The minimum absolute atomic E-state index is 0.000276. The lowest BCUT2D eigenvalue weighted by molar-refractivity contribution is -0.116. The monoisotopic (exact) mass is 303 g/mol. The van der Waals surface area contributed by atoms with Crippen molar-refractivity contribution in [1.29, 1.82) is 0 Å². The van der Waals surface area contributed by atoms with Crippen molar-refractivity contribution in [3.05, 3.63) is 59.9 Å². The van der Waals surface area contributed by atoms with Gasteiger partial charge >= 0.3 is 0 Å². The van der Waals surface area contributed by atoms with Crippen LogP contribution in [0.2, 0.25) is 0 Å². The third-order valence-corrected chi connectivity index (χ3v) is 2.99. The van der Waals surface area contributed by atoms with Crippen LogP contribution in [0.4, 0.5) is 10.1 Å². The molecule has 2 aromatic carbocycles. The van der Waals surface area contributed by atoms with E-state index < -0.39 is 0 Å². The Labute approximate surface area is 128 Å². The molecule has 0 radical (unpaired) electrons. The number of aliphatic hydroxyl groups is 1. The van der Waals surface area contributed by atoms with Gasteiger partial charge < -0.3 is 15.2 Å².